The number of likely N-dealkylation sites (N-methyl/N-ethyl adjacent to an activating group) is 1. The molecule has 3 nitrogen and oxygen atoms in total. The summed E-state index contributed by atoms with van der Waals surface area (Å²) in [7, 11) is 4.09. The van der Waals surface area contributed by atoms with E-state index in [0.29, 0.717) is 11.6 Å². The Kier molecular flexibility index (Phi) is 6.67. The molecule has 1 heterocycles. The zero-order valence-corrected chi connectivity index (χ0v) is 17.1. The molecule has 0 aliphatic heterocycles. The Hall–Kier alpha value is -2.14. The van der Waals surface area contributed by atoms with Crippen LogP contribution in [0, 0.1) is 0 Å². The summed E-state index contributed by atoms with van der Waals surface area (Å²) in [5, 5.41) is 3.79. The van der Waals surface area contributed by atoms with Crippen molar-refractivity contribution in [2.24, 2.45) is 0 Å². The maximum Gasteiger partial charge on any atom is 0.261 e. The van der Waals surface area contributed by atoms with E-state index in [1.54, 1.807) is 0 Å². The first-order valence-corrected chi connectivity index (χ1v) is 10.1. The number of nitrogens with one attached hydrogen (secondary N) is 1. The average Bonchev–Trinajstić information content (AvgIpc) is 3.16. The SMILES string of the molecule is CN(C)C(CNC(=O)c1ccc(-c2ccc(Cl)cc2)s1)Cc1ccccc1. The predicted molar refractivity (Wildman–Crippen MR) is 115 cm³/mol. The maximum atomic E-state index is 12.6. The highest BCUT2D eigenvalue weighted by molar-refractivity contribution is 7.17. The Morgan fingerprint density at radius 1 is 1.04 bits per heavy atom. The van der Waals surface area contributed by atoms with Crippen molar-refractivity contribution in [1.82, 2.24) is 10.2 Å². The van der Waals surface area contributed by atoms with Crippen LogP contribution in [-0.4, -0.2) is 37.5 Å². The number of carbonyl (C=O) groups excluding carboxylic acids is 1. The lowest BCUT2D eigenvalue weighted by Crippen LogP contribution is -2.41. The molecule has 3 rings (SSSR count). The molecule has 1 N–H and O–H groups in total. The number of benzene rings is 2. The molecule has 1 amide bonds. The molecule has 0 fully saturated rings. The van der Waals surface area contributed by atoms with Crippen LogP contribution in [0.1, 0.15) is 15.2 Å². The Balaban J connectivity index is 1.61. The number of nitrogens with zero attached hydrogens (tertiary/aromatic N) is 1. The van der Waals surface area contributed by atoms with E-state index in [0.717, 1.165) is 21.7 Å². The number of hydrogen-bond donors (Lipinski definition) is 1. The summed E-state index contributed by atoms with van der Waals surface area (Å²) in [5.41, 5.74) is 2.34. The fourth-order valence-corrected chi connectivity index (χ4v) is 3.90. The van der Waals surface area contributed by atoms with E-state index in [2.05, 4.69) is 22.3 Å². The topological polar surface area (TPSA) is 32.3 Å². The van der Waals surface area contributed by atoms with Gasteiger partial charge >= 0.3 is 0 Å². The molecule has 1 aromatic heterocycles. The van der Waals surface area contributed by atoms with E-state index >= 15 is 0 Å². The third-order valence-electron chi connectivity index (χ3n) is 4.50. The standard InChI is InChI=1S/C22H23ClN2OS/c1-25(2)19(14-16-6-4-3-5-7-16)15-24-22(26)21-13-12-20(27-21)17-8-10-18(23)11-9-17/h3-13,19H,14-15H2,1-2H3,(H,24,26). The zero-order chi connectivity index (χ0) is 19.2. The average molecular weight is 399 g/mol. The fraction of sp³-hybridized carbons (Fsp3) is 0.227. The van der Waals surface area contributed by atoms with Gasteiger partial charge in [-0.3, -0.25) is 4.79 Å². The Morgan fingerprint density at radius 2 is 1.74 bits per heavy atom. The molecule has 0 aliphatic carbocycles. The van der Waals surface area contributed by atoms with Crippen molar-refractivity contribution >= 4 is 28.8 Å². The molecular formula is C22H23ClN2OS. The van der Waals surface area contributed by atoms with Crippen LogP contribution in [0.3, 0.4) is 0 Å². The van der Waals surface area contributed by atoms with Gasteiger partial charge in [0.05, 0.1) is 4.88 Å². The first kappa shape index (κ1) is 19.6. The normalized spacial score (nSPS) is 12.1. The van der Waals surface area contributed by atoms with Crippen molar-refractivity contribution in [3.63, 3.8) is 0 Å². The second-order valence-corrected chi connectivity index (χ2v) is 8.21. The Labute approximate surface area is 169 Å². The van der Waals surface area contributed by atoms with E-state index in [4.69, 9.17) is 11.6 Å². The zero-order valence-electron chi connectivity index (χ0n) is 15.5. The molecule has 140 valence electrons. The Morgan fingerprint density at radius 3 is 2.41 bits per heavy atom. The highest BCUT2D eigenvalue weighted by atomic mass is 35.5. The summed E-state index contributed by atoms with van der Waals surface area (Å²) in [5.74, 6) is -0.0277. The van der Waals surface area contributed by atoms with E-state index in [-0.39, 0.29) is 11.9 Å². The summed E-state index contributed by atoms with van der Waals surface area (Å²) in [6.45, 7) is 0.606. The third-order valence-corrected chi connectivity index (χ3v) is 5.89. The predicted octanol–water partition coefficient (Wildman–Crippen LogP) is 4.97. The van der Waals surface area contributed by atoms with Crippen LogP contribution in [0.2, 0.25) is 5.02 Å². The quantitative estimate of drug-likeness (QED) is 0.609. The molecule has 2 aromatic carbocycles. The molecular weight excluding hydrogens is 376 g/mol. The smallest absolute Gasteiger partial charge is 0.261 e. The van der Waals surface area contributed by atoms with Crippen LogP contribution in [0.4, 0.5) is 0 Å². The van der Waals surface area contributed by atoms with Gasteiger partial charge in [0.15, 0.2) is 0 Å². The highest BCUT2D eigenvalue weighted by Gasteiger charge is 2.16. The van der Waals surface area contributed by atoms with Crippen molar-refractivity contribution < 1.29 is 4.79 Å². The lowest BCUT2D eigenvalue weighted by atomic mass is 10.1. The van der Waals surface area contributed by atoms with Gasteiger partial charge in [0, 0.05) is 22.5 Å². The molecule has 1 unspecified atom stereocenters. The number of hydrogen-bond acceptors (Lipinski definition) is 3. The summed E-state index contributed by atoms with van der Waals surface area (Å²) in [6.07, 6.45) is 0.897. The molecule has 0 spiro atoms. The number of amides is 1. The third kappa shape index (κ3) is 5.42. The molecule has 0 saturated heterocycles. The van der Waals surface area contributed by atoms with Gasteiger partial charge in [-0.2, -0.15) is 0 Å². The van der Waals surface area contributed by atoms with Gasteiger partial charge in [0.25, 0.3) is 5.91 Å². The minimum atomic E-state index is -0.0277. The van der Waals surface area contributed by atoms with Gasteiger partial charge < -0.3 is 10.2 Å². The number of carbonyl (C=O) groups is 1. The first-order chi connectivity index (χ1) is 13.0. The number of rotatable bonds is 7. The van der Waals surface area contributed by atoms with Crippen LogP contribution in [0.25, 0.3) is 10.4 Å². The fourth-order valence-electron chi connectivity index (χ4n) is 2.85. The van der Waals surface area contributed by atoms with E-state index in [1.165, 1.54) is 16.9 Å². The van der Waals surface area contributed by atoms with Crippen LogP contribution < -0.4 is 5.32 Å². The molecule has 0 saturated carbocycles. The van der Waals surface area contributed by atoms with Gasteiger partial charge in [0.1, 0.15) is 0 Å². The van der Waals surface area contributed by atoms with Gasteiger partial charge in [-0.25, -0.2) is 0 Å². The summed E-state index contributed by atoms with van der Waals surface area (Å²) < 4.78 is 0. The molecule has 5 heteroatoms. The van der Waals surface area contributed by atoms with Gasteiger partial charge in [-0.15, -0.1) is 11.3 Å². The Bertz CT molecular complexity index is 875. The van der Waals surface area contributed by atoms with Crippen molar-refractivity contribution in [1.29, 1.82) is 0 Å². The van der Waals surface area contributed by atoms with Crippen molar-refractivity contribution in [2.75, 3.05) is 20.6 Å². The molecule has 0 bridgehead atoms. The van der Waals surface area contributed by atoms with Crippen molar-refractivity contribution in [3.05, 3.63) is 82.2 Å². The summed E-state index contributed by atoms with van der Waals surface area (Å²) in [6, 6.07) is 22.1. The minimum Gasteiger partial charge on any atom is -0.350 e. The van der Waals surface area contributed by atoms with Crippen LogP contribution in [-0.2, 0) is 6.42 Å². The van der Waals surface area contributed by atoms with Crippen LogP contribution >= 0.6 is 22.9 Å². The second kappa shape index (κ2) is 9.18. The maximum absolute atomic E-state index is 12.6. The first-order valence-electron chi connectivity index (χ1n) is 8.87. The molecule has 0 radical (unpaired) electrons. The number of thiophene rings is 1. The summed E-state index contributed by atoms with van der Waals surface area (Å²) in [4.78, 5) is 16.5. The summed E-state index contributed by atoms with van der Waals surface area (Å²) >= 11 is 7.44. The van der Waals surface area contributed by atoms with Crippen LogP contribution in [0.15, 0.2) is 66.7 Å². The van der Waals surface area contributed by atoms with Crippen molar-refractivity contribution in [3.8, 4) is 10.4 Å². The molecule has 3 aromatic rings. The lowest BCUT2D eigenvalue weighted by Gasteiger charge is -2.24. The van der Waals surface area contributed by atoms with E-state index in [9.17, 15) is 4.79 Å². The molecule has 1 atom stereocenters. The van der Waals surface area contributed by atoms with Crippen LogP contribution in [0.5, 0.6) is 0 Å². The van der Waals surface area contributed by atoms with Crippen molar-refractivity contribution in [2.45, 2.75) is 12.5 Å². The minimum absolute atomic E-state index is 0.0277. The van der Waals surface area contributed by atoms with Gasteiger partial charge in [-0.1, -0.05) is 54.1 Å². The van der Waals surface area contributed by atoms with Gasteiger partial charge in [-0.05, 0) is 55.9 Å². The number of halogens is 1. The van der Waals surface area contributed by atoms with E-state index in [1.807, 2.05) is 68.7 Å². The lowest BCUT2D eigenvalue weighted by molar-refractivity contribution is 0.0946. The highest BCUT2D eigenvalue weighted by Crippen LogP contribution is 2.29. The monoisotopic (exact) mass is 398 g/mol. The molecule has 27 heavy (non-hydrogen) atoms. The molecule has 0 aliphatic rings. The van der Waals surface area contributed by atoms with Gasteiger partial charge in [0.2, 0.25) is 0 Å². The van der Waals surface area contributed by atoms with E-state index < -0.39 is 0 Å². The largest absolute Gasteiger partial charge is 0.350 e. The second-order valence-electron chi connectivity index (χ2n) is 6.69.